The number of rotatable bonds is 6. The van der Waals surface area contributed by atoms with Crippen LogP contribution in [0.4, 0.5) is 0 Å². The van der Waals surface area contributed by atoms with Gasteiger partial charge in [0.1, 0.15) is 4.21 Å². The van der Waals surface area contributed by atoms with Crippen molar-refractivity contribution >= 4 is 27.3 Å². The normalized spacial score (nSPS) is 16.9. The topological polar surface area (TPSA) is 74.7 Å². The van der Waals surface area contributed by atoms with Gasteiger partial charge in [0, 0.05) is 18.5 Å². The molecule has 1 aliphatic rings. The van der Waals surface area contributed by atoms with Gasteiger partial charge in [-0.25, -0.2) is 8.42 Å². The molecule has 7 heteroatoms. The van der Waals surface area contributed by atoms with E-state index < -0.39 is 16.0 Å². The molecule has 1 heterocycles. The van der Waals surface area contributed by atoms with E-state index in [4.69, 9.17) is 5.11 Å². The van der Waals surface area contributed by atoms with Crippen LogP contribution in [-0.4, -0.2) is 37.4 Å². The fourth-order valence-electron chi connectivity index (χ4n) is 2.55. The predicted molar refractivity (Wildman–Crippen MR) is 77.4 cm³/mol. The zero-order valence-electron chi connectivity index (χ0n) is 11.4. The lowest BCUT2D eigenvalue weighted by Gasteiger charge is -2.19. The van der Waals surface area contributed by atoms with E-state index in [2.05, 4.69) is 0 Å². The number of sulfonamides is 1. The Kier molecular flexibility index (Phi) is 4.82. The van der Waals surface area contributed by atoms with Gasteiger partial charge in [0.25, 0.3) is 10.0 Å². The van der Waals surface area contributed by atoms with Crippen molar-refractivity contribution in [3.05, 3.63) is 17.0 Å². The molecule has 0 saturated heterocycles. The summed E-state index contributed by atoms with van der Waals surface area (Å²) in [6.45, 7) is 0.550. The number of carboxylic acid groups (broad SMARTS) is 1. The molecular weight excluding hydrogens is 298 g/mol. The Labute approximate surface area is 123 Å². The van der Waals surface area contributed by atoms with Crippen molar-refractivity contribution in [2.45, 2.75) is 36.3 Å². The van der Waals surface area contributed by atoms with Crippen LogP contribution in [0.1, 0.15) is 30.6 Å². The van der Waals surface area contributed by atoms with Crippen LogP contribution in [0.15, 0.2) is 16.3 Å². The zero-order valence-corrected chi connectivity index (χ0v) is 13.0. The summed E-state index contributed by atoms with van der Waals surface area (Å²) in [7, 11) is -1.88. The van der Waals surface area contributed by atoms with Gasteiger partial charge in [0.2, 0.25) is 0 Å². The first-order chi connectivity index (χ1) is 9.39. The average molecular weight is 317 g/mol. The summed E-state index contributed by atoms with van der Waals surface area (Å²) in [6, 6.07) is 3.08. The van der Waals surface area contributed by atoms with E-state index in [1.165, 1.54) is 23.2 Å². The third kappa shape index (κ3) is 3.59. The average Bonchev–Trinajstić information content (AvgIpc) is 2.99. The van der Waals surface area contributed by atoms with Gasteiger partial charge < -0.3 is 5.11 Å². The summed E-state index contributed by atoms with van der Waals surface area (Å²) in [6.07, 6.45) is 4.41. The molecule has 1 aromatic heterocycles. The molecule has 0 aliphatic heterocycles. The van der Waals surface area contributed by atoms with E-state index in [0.717, 1.165) is 24.2 Å². The van der Waals surface area contributed by atoms with Gasteiger partial charge in [-0.1, -0.05) is 12.8 Å². The molecule has 1 N–H and O–H groups in total. The van der Waals surface area contributed by atoms with E-state index in [9.17, 15) is 13.2 Å². The first kappa shape index (κ1) is 15.5. The van der Waals surface area contributed by atoms with Crippen LogP contribution in [0.2, 0.25) is 0 Å². The zero-order chi connectivity index (χ0) is 14.8. The largest absolute Gasteiger partial charge is 0.481 e. The van der Waals surface area contributed by atoms with E-state index in [-0.39, 0.29) is 10.6 Å². The predicted octanol–water partition coefficient (Wildman–Crippen LogP) is 2.19. The Morgan fingerprint density at radius 1 is 1.40 bits per heavy atom. The van der Waals surface area contributed by atoms with Crippen molar-refractivity contribution in [3.63, 3.8) is 0 Å². The summed E-state index contributed by atoms with van der Waals surface area (Å²) in [5, 5.41) is 8.72. The summed E-state index contributed by atoms with van der Waals surface area (Å²) in [5.74, 6) is -0.497. The molecule has 20 heavy (non-hydrogen) atoms. The smallest absolute Gasteiger partial charge is 0.308 e. The number of hydrogen-bond donors (Lipinski definition) is 1. The lowest BCUT2D eigenvalue weighted by Crippen LogP contribution is -2.30. The van der Waals surface area contributed by atoms with Crippen LogP contribution < -0.4 is 0 Å². The maximum Gasteiger partial charge on any atom is 0.308 e. The second kappa shape index (κ2) is 6.24. The van der Waals surface area contributed by atoms with Crippen LogP contribution in [0, 0.1) is 5.92 Å². The molecule has 112 valence electrons. The second-order valence-corrected chi connectivity index (χ2v) is 8.67. The van der Waals surface area contributed by atoms with Crippen molar-refractivity contribution in [3.8, 4) is 0 Å². The number of thiophene rings is 1. The van der Waals surface area contributed by atoms with Gasteiger partial charge in [0.05, 0.1) is 6.42 Å². The molecular formula is C13H19NO4S2. The van der Waals surface area contributed by atoms with Crippen molar-refractivity contribution in [2.75, 3.05) is 13.6 Å². The fraction of sp³-hybridized carbons (Fsp3) is 0.615. The molecule has 0 unspecified atom stereocenters. The molecule has 2 rings (SSSR count). The van der Waals surface area contributed by atoms with E-state index >= 15 is 0 Å². The van der Waals surface area contributed by atoms with Gasteiger partial charge in [-0.05, 0) is 30.9 Å². The lowest BCUT2D eigenvalue weighted by molar-refractivity contribution is -0.136. The van der Waals surface area contributed by atoms with Crippen LogP contribution >= 0.6 is 11.3 Å². The SMILES string of the molecule is CN(CC1CCCC1)S(=O)(=O)c1ccc(CC(=O)O)s1. The molecule has 0 amide bonds. The molecule has 5 nitrogen and oxygen atoms in total. The van der Waals surface area contributed by atoms with Gasteiger partial charge >= 0.3 is 5.97 Å². The number of aliphatic carboxylic acids is 1. The monoisotopic (exact) mass is 317 g/mol. The lowest BCUT2D eigenvalue weighted by atomic mass is 10.1. The minimum atomic E-state index is -3.48. The summed E-state index contributed by atoms with van der Waals surface area (Å²) >= 11 is 1.04. The van der Waals surface area contributed by atoms with Crippen LogP contribution in [0.3, 0.4) is 0 Å². The minimum absolute atomic E-state index is 0.132. The van der Waals surface area contributed by atoms with Crippen LogP contribution in [0.5, 0.6) is 0 Å². The molecule has 0 bridgehead atoms. The highest BCUT2D eigenvalue weighted by Crippen LogP contribution is 2.29. The summed E-state index contributed by atoms with van der Waals surface area (Å²) in [5.41, 5.74) is 0. The molecule has 0 atom stereocenters. The Morgan fingerprint density at radius 2 is 2.05 bits per heavy atom. The molecule has 0 radical (unpaired) electrons. The van der Waals surface area contributed by atoms with E-state index in [1.807, 2.05) is 0 Å². The highest BCUT2D eigenvalue weighted by atomic mass is 32.2. The standard InChI is InChI=1S/C13H19NO4S2/c1-14(9-10-4-2-3-5-10)20(17,18)13-7-6-11(19-13)8-12(15)16/h6-7,10H,2-5,8-9H2,1H3,(H,15,16). The van der Waals surface area contributed by atoms with Crippen molar-refractivity contribution in [2.24, 2.45) is 5.92 Å². The first-order valence-corrected chi connectivity index (χ1v) is 8.92. The van der Waals surface area contributed by atoms with Crippen molar-refractivity contribution < 1.29 is 18.3 Å². The Hall–Kier alpha value is -0.920. The van der Waals surface area contributed by atoms with E-state index in [0.29, 0.717) is 17.3 Å². The summed E-state index contributed by atoms with van der Waals surface area (Å²) < 4.78 is 26.4. The number of nitrogens with zero attached hydrogens (tertiary/aromatic N) is 1. The number of carboxylic acids is 1. The van der Waals surface area contributed by atoms with Crippen molar-refractivity contribution in [1.29, 1.82) is 0 Å². The van der Waals surface area contributed by atoms with Gasteiger partial charge in [-0.15, -0.1) is 11.3 Å². The molecule has 1 fully saturated rings. The van der Waals surface area contributed by atoms with Gasteiger partial charge in [-0.2, -0.15) is 4.31 Å². The Bertz CT molecular complexity index is 573. The van der Waals surface area contributed by atoms with Gasteiger partial charge in [0.15, 0.2) is 0 Å². The van der Waals surface area contributed by atoms with Gasteiger partial charge in [-0.3, -0.25) is 4.79 Å². The maximum absolute atomic E-state index is 12.4. The van der Waals surface area contributed by atoms with Crippen LogP contribution in [0.25, 0.3) is 0 Å². The maximum atomic E-state index is 12.4. The number of hydrogen-bond acceptors (Lipinski definition) is 4. The summed E-state index contributed by atoms with van der Waals surface area (Å²) in [4.78, 5) is 11.2. The quantitative estimate of drug-likeness (QED) is 0.872. The highest BCUT2D eigenvalue weighted by molar-refractivity contribution is 7.91. The first-order valence-electron chi connectivity index (χ1n) is 6.66. The molecule has 0 aromatic carbocycles. The molecule has 1 aliphatic carbocycles. The third-order valence-corrected chi connectivity index (χ3v) is 6.99. The minimum Gasteiger partial charge on any atom is -0.481 e. The highest BCUT2D eigenvalue weighted by Gasteiger charge is 2.26. The second-order valence-electron chi connectivity index (χ2n) is 5.23. The molecule has 1 saturated carbocycles. The van der Waals surface area contributed by atoms with Crippen molar-refractivity contribution in [1.82, 2.24) is 4.31 Å². The molecule has 1 aromatic rings. The van der Waals surface area contributed by atoms with Crippen LogP contribution in [-0.2, 0) is 21.2 Å². The number of carbonyl (C=O) groups is 1. The Balaban J connectivity index is 2.08. The Morgan fingerprint density at radius 3 is 2.65 bits per heavy atom. The van der Waals surface area contributed by atoms with E-state index in [1.54, 1.807) is 13.1 Å². The molecule has 0 spiro atoms. The fourth-order valence-corrected chi connectivity index (χ4v) is 5.35. The third-order valence-electron chi connectivity index (χ3n) is 3.62.